The maximum Gasteiger partial charge on any atom is 0.234 e. The molecule has 3 aliphatic rings. The Morgan fingerprint density at radius 2 is 1.44 bits per heavy atom. The Kier molecular flexibility index (Phi) is 4.29. The maximum absolute atomic E-state index is 13.0. The van der Waals surface area contributed by atoms with Gasteiger partial charge in [-0.05, 0) is 37.1 Å². The molecule has 2 atom stereocenters. The summed E-state index contributed by atoms with van der Waals surface area (Å²) in [7, 11) is 0. The molecule has 0 radical (unpaired) electrons. The number of benzene rings is 1. The van der Waals surface area contributed by atoms with Gasteiger partial charge in [-0.15, -0.1) is 0 Å². The highest BCUT2D eigenvalue weighted by atomic mass is 19.1. The van der Waals surface area contributed by atoms with Crippen LogP contribution >= 0.6 is 0 Å². The summed E-state index contributed by atoms with van der Waals surface area (Å²) in [5.74, 6) is -0.568. The van der Waals surface area contributed by atoms with Gasteiger partial charge in [0.1, 0.15) is 5.82 Å². The number of hydrogen-bond acceptors (Lipinski definition) is 4. The van der Waals surface area contributed by atoms with E-state index in [0.717, 1.165) is 31.9 Å². The fraction of sp³-hybridized carbons (Fsp3) is 0.474. The lowest BCUT2D eigenvalue weighted by Gasteiger charge is -2.37. The molecule has 2 fully saturated rings. The monoisotopic (exact) mass is 343 g/mol. The van der Waals surface area contributed by atoms with Crippen LogP contribution in [0.4, 0.5) is 10.1 Å². The molecule has 1 aliphatic carbocycles. The predicted octanol–water partition coefficient (Wildman–Crippen LogP) is 1.86. The zero-order chi connectivity index (χ0) is 17.4. The lowest BCUT2D eigenvalue weighted by Crippen LogP contribution is -2.51. The number of carbonyl (C=O) groups is 2. The smallest absolute Gasteiger partial charge is 0.234 e. The number of hydrogen-bond donors (Lipinski definition) is 0. The molecule has 0 aromatic heterocycles. The second kappa shape index (κ2) is 6.59. The van der Waals surface area contributed by atoms with Crippen LogP contribution in [-0.2, 0) is 9.59 Å². The number of carbonyl (C=O) groups excluding carboxylic acids is 2. The molecule has 2 amide bonds. The van der Waals surface area contributed by atoms with E-state index in [2.05, 4.69) is 9.80 Å². The van der Waals surface area contributed by atoms with Crippen LogP contribution in [0.25, 0.3) is 0 Å². The van der Waals surface area contributed by atoms with Crippen molar-refractivity contribution in [2.75, 3.05) is 37.7 Å². The second-order valence-corrected chi connectivity index (χ2v) is 6.98. The number of piperazine rings is 1. The van der Waals surface area contributed by atoms with Crippen LogP contribution in [0, 0.1) is 17.7 Å². The molecule has 25 heavy (non-hydrogen) atoms. The summed E-state index contributed by atoms with van der Waals surface area (Å²) in [5, 5.41) is 0. The van der Waals surface area contributed by atoms with Crippen LogP contribution in [0.2, 0.25) is 0 Å². The molecule has 0 unspecified atom stereocenters. The van der Waals surface area contributed by atoms with Crippen molar-refractivity contribution in [3.63, 3.8) is 0 Å². The third-order valence-corrected chi connectivity index (χ3v) is 5.50. The Labute approximate surface area is 146 Å². The van der Waals surface area contributed by atoms with Gasteiger partial charge in [0, 0.05) is 31.9 Å². The van der Waals surface area contributed by atoms with Gasteiger partial charge < -0.3 is 4.90 Å². The SMILES string of the molecule is O=C1[C@@H]2CC=CC[C@H]2C(=O)N1CN1CCN(c2ccc(F)cc2)CC1. The predicted molar refractivity (Wildman–Crippen MR) is 92.3 cm³/mol. The minimum Gasteiger partial charge on any atom is -0.369 e. The minimum absolute atomic E-state index is 0.0136. The molecule has 132 valence electrons. The number of imide groups is 1. The van der Waals surface area contributed by atoms with Crippen molar-refractivity contribution in [1.82, 2.24) is 9.80 Å². The Bertz CT molecular complexity index is 669. The summed E-state index contributed by atoms with van der Waals surface area (Å²) in [5.41, 5.74) is 1.01. The molecule has 5 nitrogen and oxygen atoms in total. The molecule has 2 heterocycles. The Morgan fingerprint density at radius 1 is 0.880 bits per heavy atom. The van der Waals surface area contributed by atoms with Gasteiger partial charge in [0.25, 0.3) is 0 Å². The molecule has 0 spiro atoms. The quantitative estimate of drug-likeness (QED) is 0.621. The van der Waals surface area contributed by atoms with E-state index in [4.69, 9.17) is 0 Å². The minimum atomic E-state index is -0.232. The molecule has 4 rings (SSSR count). The number of halogens is 1. The topological polar surface area (TPSA) is 43.9 Å². The van der Waals surface area contributed by atoms with Gasteiger partial charge in [0.15, 0.2) is 0 Å². The molecule has 2 saturated heterocycles. The number of fused-ring (bicyclic) bond motifs is 1. The van der Waals surface area contributed by atoms with E-state index in [1.807, 2.05) is 12.2 Å². The molecule has 0 N–H and O–H groups in total. The fourth-order valence-electron chi connectivity index (χ4n) is 4.01. The summed E-state index contributed by atoms with van der Waals surface area (Å²) >= 11 is 0. The van der Waals surface area contributed by atoms with Crippen molar-refractivity contribution >= 4 is 17.5 Å². The first-order valence-corrected chi connectivity index (χ1v) is 8.86. The summed E-state index contributed by atoms with van der Waals surface area (Å²) in [4.78, 5) is 30.9. The van der Waals surface area contributed by atoms with E-state index >= 15 is 0 Å². The lowest BCUT2D eigenvalue weighted by atomic mass is 9.85. The van der Waals surface area contributed by atoms with E-state index in [9.17, 15) is 14.0 Å². The van der Waals surface area contributed by atoms with E-state index in [-0.39, 0.29) is 29.5 Å². The third-order valence-electron chi connectivity index (χ3n) is 5.50. The second-order valence-electron chi connectivity index (χ2n) is 6.98. The van der Waals surface area contributed by atoms with Gasteiger partial charge in [0.05, 0.1) is 18.5 Å². The van der Waals surface area contributed by atoms with E-state index in [0.29, 0.717) is 19.5 Å². The van der Waals surface area contributed by atoms with Gasteiger partial charge in [-0.25, -0.2) is 4.39 Å². The molecular weight excluding hydrogens is 321 g/mol. The van der Waals surface area contributed by atoms with Gasteiger partial charge in [0.2, 0.25) is 11.8 Å². The van der Waals surface area contributed by atoms with Crippen LogP contribution in [0.3, 0.4) is 0 Å². The summed E-state index contributed by atoms with van der Waals surface area (Å²) in [6.07, 6.45) is 5.39. The molecular formula is C19H22FN3O2. The summed E-state index contributed by atoms with van der Waals surface area (Å²) in [6, 6.07) is 6.52. The largest absolute Gasteiger partial charge is 0.369 e. The van der Waals surface area contributed by atoms with Crippen molar-refractivity contribution in [2.24, 2.45) is 11.8 Å². The summed E-state index contributed by atoms with van der Waals surface area (Å²) in [6.45, 7) is 3.55. The first-order chi connectivity index (χ1) is 12.1. The number of amides is 2. The van der Waals surface area contributed by atoms with Crippen LogP contribution < -0.4 is 4.90 Å². The Balaban J connectivity index is 1.35. The number of anilines is 1. The Morgan fingerprint density at radius 3 is 2.00 bits per heavy atom. The molecule has 2 aliphatic heterocycles. The van der Waals surface area contributed by atoms with Crippen molar-refractivity contribution in [2.45, 2.75) is 12.8 Å². The molecule has 0 saturated carbocycles. The normalized spacial score (nSPS) is 27.1. The van der Waals surface area contributed by atoms with Crippen molar-refractivity contribution in [3.8, 4) is 0 Å². The maximum atomic E-state index is 13.0. The first-order valence-electron chi connectivity index (χ1n) is 8.86. The highest BCUT2D eigenvalue weighted by Gasteiger charge is 2.47. The van der Waals surface area contributed by atoms with Crippen LogP contribution in [0.1, 0.15) is 12.8 Å². The van der Waals surface area contributed by atoms with E-state index in [1.54, 1.807) is 12.1 Å². The Hall–Kier alpha value is -2.21. The standard InChI is InChI=1S/C19H22FN3O2/c20-14-5-7-15(8-6-14)22-11-9-21(10-12-22)13-23-18(24)16-3-1-2-4-17(16)19(23)25/h1-2,5-8,16-17H,3-4,9-13H2/t16-,17-/m1/s1. The highest BCUT2D eigenvalue weighted by molar-refractivity contribution is 6.05. The van der Waals surface area contributed by atoms with Crippen molar-refractivity contribution in [3.05, 3.63) is 42.2 Å². The zero-order valence-corrected chi connectivity index (χ0v) is 14.1. The van der Waals surface area contributed by atoms with Crippen LogP contribution in [0.5, 0.6) is 0 Å². The molecule has 6 heteroatoms. The van der Waals surface area contributed by atoms with Crippen LogP contribution in [-0.4, -0.2) is 54.5 Å². The third kappa shape index (κ3) is 3.06. The fourth-order valence-corrected chi connectivity index (χ4v) is 4.01. The van der Waals surface area contributed by atoms with Crippen LogP contribution in [0.15, 0.2) is 36.4 Å². The zero-order valence-electron chi connectivity index (χ0n) is 14.1. The van der Waals surface area contributed by atoms with Gasteiger partial charge in [-0.3, -0.25) is 19.4 Å². The number of rotatable bonds is 3. The van der Waals surface area contributed by atoms with E-state index < -0.39 is 0 Å². The number of likely N-dealkylation sites (tertiary alicyclic amines) is 1. The van der Waals surface area contributed by atoms with Gasteiger partial charge >= 0.3 is 0 Å². The van der Waals surface area contributed by atoms with Crippen molar-refractivity contribution < 1.29 is 14.0 Å². The summed E-state index contributed by atoms with van der Waals surface area (Å²) < 4.78 is 13.0. The van der Waals surface area contributed by atoms with Crippen molar-refractivity contribution in [1.29, 1.82) is 0 Å². The van der Waals surface area contributed by atoms with E-state index in [1.165, 1.54) is 17.0 Å². The molecule has 1 aromatic rings. The highest BCUT2D eigenvalue weighted by Crippen LogP contribution is 2.35. The molecule has 1 aromatic carbocycles. The first kappa shape index (κ1) is 16.3. The lowest BCUT2D eigenvalue weighted by molar-refractivity contribution is -0.142. The number of nitrogens with zero attached hydrogens (tertiary/aromatic N) is 3. The average molecular weight is 343 g/mol. The average Bonchev–Trinajstić information content (AvgIpc) is 2.88. The molecule has 0 bridgehead atoms. The van der Waals surface area contributed by atoms with Gasteiger partial charge in [-0.1, -0.05) is 12.2 Å². The number of allylic oxidation sites excluding steroid dienone is 2. The van der Waals surface area contributed by atoms with Gasteiger partial charge in [-0.2, -0.15) is 0 Å².